The SMILES string of the molecule is CC(=O)NCCCC[C@H](NC(=O)Oc1ccccc1)C(=O)O. The largest absolute Gasteiger partial charge is 0.480 e. The Kier molecular flexibility index (Phi) is 7.45. The van der Waals surface area contributed by atoms with Crippen LogP contribution in [0.2, 0.25) is 0 Å². The molecular formula is C15H20N2O5. The van der Waals surface area contributed by atoms with Crippen molar-refractivity contribution in [1.82, 2.24) is 10.6 Å². The van der Waals surface area contributed by atoms with Crippen LogP contribution in [0.25, 0.3) is 0 Å². The Labute approximate surface area is 128 Å². The van der Waals surface area contributed by atoms with Gasteiger partial charge in [0.2, 0.25) is 5.91 Å². The summed E-state index contributed by atoms with van der Waals surface area (Å²) in [5, 5.41) is 14.0. The minimum atomic E-state index is -1.12. The third kappa shape index (κ3) is 7.28. The van der Waals surface area contributed by atoms with Crippen LogP contribution in [-0.2, 0) is 9.59 Å². The normalized spacial score (nSPS) is 11.3. The molecule has 3 N–H and O–H groups in total. The predicted molar refractivity (Wildman–Crippen MR) is 79.6 cm³/mol. The monoisotopic (exact) mass is 308 g/mol. The first-order valence-corrected chi connectivity index (χ1v) is 6.99. The van der Waals surface area contributed by atoms with Gasteiger partial charge in [0.25, 0.3) is 0 Å². The van der Waals surface area contributed by atoms with Crippen LogP contribution in [-0.4, -0.2) is 35.7 Å². The molecule has 0 bridgehead atoms. The fourth-order valence-corrected chi connectivity index (χ4v) is 1.76. The maximum atomic E-state index is 11.7. The summed E-state index contributed by atoms with van der Waals surface area (Å²) < 4.78 is 4.98. The van der Waals surface area contributed by atoms with E-state index >= 15 is 0 Å². The van der Waals surface area contributed by atoms with E-state index in [2.05, 4.69) is 10.6 Å². The quantitative estimate of drug-likeness (QED) is 0.632. The summed E-state index contributed by atoms with van der Waals surface area (Å²) in [7, 11) is 0. The van der Waals surface area contributed by atoms with Crippen molar-refractivity contribution in [2.45, 2.75) is 32.2 Å². The summed E-state index contributed by atoms with van der Waals surface area (Å²) in [4.78, 5) is 33.5. The second kappa shape index (κ2) is 9.38. The summed E-state index contributed by atoms with van der Waals surface area (Å²) in [6, 6.07) is 7.37. The Hall–Kier alpha value is -2.57. The number of hydrogen-bond acceptors (Lipinski definition) is 4. The zero-order valence-electron chi connectivity index (χ0n) is 12.4. The molecule has 120 valence electrons. The van der Waals surface area contributed by atoms with Gasteiger partial charge in [0.05, 0.1) is 0 Å². The van der Waals surface area contributed by atoms with Gasteiger partial charge in [0, 0.05) is 13.5 Å². The van der Waals surface area contributed by atoms with Gasteiger partial charge < -0.3 is 20.5 Å². The third-order valence-electron chi connectivity index (χ3n) is 2.84. The molecule has 0 aliphatic heterocycles. The first-order chi connectivity index (χ1) is 10.5. The Morgan fingerprint density at radius 1 is 1.18 bits per heavy atom. The molecule has 1 aromatic rings. The van der Waals surface area contributed by atoms with Gasteiger partial charge in [0.1, 0.15) is 11.8 Å². The van der Waals surface area contributed by atoms with Crippen LogP contribution in [0.15, 0.2) is 30.3 Å². The predicted octanol–water partition coefficient (Wildman–Crippen LogP) is 1.53. The van der Waals surface area contributed by atoms with Gasteiger partial charge in [-0.1, -0.05) is 18.2 Å². The topological polar surface area (TPSA) is 105 Å². The molecule has 0 spiro atoms. The zero-order valence-corrected chi connectivity index (χ0v) is 12.4. The first-order valence-electron chi connectivity index (χ1n) is 6.99. The van der Waals surface area contributed by atoms with Crippen molar-refractivity contribution in [1.29, 1.82) is 0 Å². The lowest BCUT2D eigenvalue weighted by atomic mass is 10.1. The Bertz CT molecular complexity index is 504. The number of carbonyl (C=O) groups is 3. The highest BCUT2D eigenvalue weighted by atomic mass is 16.6. The third-order valence-corrected chi connectivity index (χ3v) is 2.84. The highest BCUT2D eigenvalue weighted by molar-refractivity contribution is 5.80. The van der Waals surface area contributed by atoms with Crippen molar-refractivity contribution in [3.63, 3.8) is 0 Å². The minimum absolute atomic E-state index is 0.126. The van der Waals surface area contributed by atoms with E-state index in [1.807, 2.05) is 0 Å². The molecule has 0 radical (unpaired) electrons. The second-order valence-electron chi connectivity index (χ2n) is 4.72. The lowest BCUT2D eigenvalue weighted by Crippen LogP contribution is -2.42. The molecule has 1 aromatic carbocycles. The van der Waals surface area contributed by atoms with E-state index in [9.17, 15) is 14.4 Å². The van der Waals surface area contributed by atoms with Crippen LogP contribution in [0.3, 0.4) is 0 Å². The van der Waals surface area contributed by atoms with Crippen LogP contribution in [0.4, 0.5) is 4.79 Å². The van der Waals surface area contributed by atoms with Gasteiger partial charge in [0.15, 0.2) is 0 Å². The van der Waals surface area contributed by atoms with Crippen LogP contribution >= 0.6 is 0 Å². The average molecular weight is 308 g/mol. The maximum absolute atomic E-state index is 11.7. The van der Waals surface area contributed by atoms with Gasteiger partial charge in [-0.25, -0.2) is 9.59 Å². The number of hydrogen-bond donors (Lipinski definition) is 3. The molecule has 0 heterocycles. The van der Waals surface area contributed by atoms with Crippen LogP contribution < -0.4 is 15.4 Å². The summed E-state index contributed by atoms with van der Waals surface area (Å²) in [6.45, 7) is 1.90. The maximum Gasteiger partial charge on any atom is 0.413 e. The van der Waals surface area contributed by atoms with E-state index in [-0.39, 0.29) is 12.3 Å². The first kappa shape index (κ1) is 17.5. The molecule has 7 heteroatoms. The molecule has 2 amide bonds. The number of para-hydroxylation sites is 1. The van der Waals surface area contributed by atoms with Gasteiger partial charge >= 0.3 is 12.1 Å². The molecule has 0 aliphatic rings. The number of carbonyl (C=O) groups excluding carboxylic acids is 2. The Morgan fingerprint density at radius 2 is 1.86 bits per heavy atom. The average Bonchev–Trinajstić information content (AvgIpc) is 2.46. The number of rotatable bonds is 8. The molecule has 0 saturated carbocycles. The number of benzene rings is 1. The molecular weight excluding hydrogens is 288 g/mol. The lowest BCUT2D eigenvalue weighted by molar-refractivity contribution is -0.139. The Balaban J connectivity index is 2.35. The highest BCUT2D eigenvalue weighted by Crippen LogP contribution is 2.09. The van der Waals surface area contributed by atoms with Crippen molar-refractivity contribution >= 4 is 18.0 Å². The summed E-state index contributed by atoms with van der Waals surface area (Å²) in [5.41, 5.74) is 0. The number of aliphatic carboxylic acids is 1. The van der Waals surface area contributed by atoms with Gasteiger partial charge in [-0.15, -0.1) is 0 Å². The second-order valence-corrected chi connectivity index (χ2v) is 4.72. The van der Waals surface area contributed by atoms with E-state index in [1.165, 1.54) is 6.92 Å². The van der Waals surface area contributed by atoms with E-state index in [0.29, 0.717) is 25.1 Å². The molecule has 1 atom stereocenters. The van der Waals surface area contributed by atoms with E-state index in [4.69, 9.17) is 9.84 Å². The lowest BCUT2D eigenvalue weighted by Gasteiger charge is -2.14. The molecule has 0 aromatic heterocycles. The van der Waals surface area contributed by atoms with Gasteiger partial charge in [-0.2, -0.15) is 0 Å². The van der Waals surface area contributed by atoms with Crippen LogP contribution in [0, 0.1) is 0 Å². The van der Waals surface area contributed by atoms with Crippen molar-refractivity contribution in [2.75, 3.05) is 6.54 Å². The van der Waals surface area contributed by atoms with Crippen molar-refractivity contribution in [2.24, 2.45) is 0 Å². The fourth-order valence-electron chi connectivity index (χ4n) is 1.76. The molecule has 0 aliphatic carbocycles. The number of amides is 2. The van der Waals surface area contributed by atoms with Crippen LogP contribution in [0.5, 0.6) is 5.75 Å². The van der Waals surface area contributed by atoms with Crippen molar-refractivity contribution in [3.8, 4) is 5.75 Å². The summed E-state index contributed by atoms with van der Waals surface area (Å²) >= 11 is 0. The number of carboxylic acid groups (broad SMARTS) is 1. The number of ether oxygens (including phenoxy) is 1. The summed E-state index contributed by atoms with van der Waals surface area (Å²) in [5.74, 6) is -0.904. The molecule has 0 unspecified atom stereocenters. The van der Waals surface area contributed by atoms with E-state index in [1.54, 1.807) is 30.3 Å². The molecule has 0 fully saturated rings. The number of unbranched alkanes of at least 4 members (excludes halogenated alkanes) is 1. The van der Waals surface area contributed by atoms with Crippen molar-refractivity contribution < 1.29 is 24.2 Å². The van der Waals surface area contributed by atoms with Crippen LogP contribution in [0.1, 0.15) is 26.2 Å². The molecule has 1 rings (SSSR count). The molecule has 7 nitrogen and oxygen atoms in total. The van der Waals surface area contributed by atoms with E-state index < -0.39 is 18.1 Å². The van der Waals surface area contributed by atoms with Crippen molar-refractivity contribution in [3.05, 3.63) is 30.3 Å². The minimum Gasteiger partial charge on any atom is -0.480 e. The summed E-state index contributed by atoms with van der Waals surface area (Å²) in [6.07, 6.45) is 0.654. The standard InChI is InChI=1S/C15H20N2O5/c1-11(18)16-10-6-5-9-13(14(19)20)17-15(21)22-12-7-3-2-4-8-12/h2-4,7-8,13H,5-6,9-10H2,1H3,(H,16,18)(H,17,21)(H,19,20)/t13-/m0/s1. The molecule has 0 saturated heterocycles. The molecule has 22 heavy (non-hydrogen) atoms. The number of carboxylic acids is 1. The van der Waals surface area contributed by atoms with Gasteiger partial charge in [-0.3, -0.25) is 4.79 Å². The fraction of sp³-hybridized carbons (Fsp3) is 0.400. The van der Waals surface area contributed by atoms with Gasteiger partial charge in [-0.05, 0) is 31.4 Å². The Morgan fingerprint density at radius 3 is 2.45 bits per heavy atom. The van der Waals surface area contributed by atoms with E-state index in [0.717, 1.165) is 0 Å². The zero-order chi connectivity index (χ0) is 16.4. The highest BCUT2D eigenvalue weighted by Gasteiger charge is 2.20. The number of nitrogens with one attached hydrogen (secondary N) is 2. The smallest absolute Gasteiger partial charge is 0.413 e.